The Balaban J connectivity index is 2.07. The molecule has 0 aromatic heterocycles. The van der Waals surface area contributed by atoms with Crippen molar-refractivity contribution < 1.29 is 9.84 Å². The first-order valence-corrected chi connectivity index (χ1v) is 7.79. The standard InChI is InChI=1S/C17H27NO2/c1-3-11-18-16(17(2)10-4-5-12-20-17)13-14-6-8-15(19)9-7-14/h6-9,16,18-19H,3-5,10-13H2,1-2H3. The topological polar surface area (TPSA) is 41.5 Å². The number of phenolic OH excluding ortho intramolecular Hbond substituents is 1. The van der Waals surface area contributed by atoms with Crippen molar-refractivity contribution in [2.24, 2.45) is 0 Å². The summed E-state index contributed by atoms with van der Waals surface area (Å²) >= 11 is 0. The first-order valence-electron chi connectivity index (χ1n) is 7.79. The number of benzene rings is 1. The van der Waals surface area contributed by atoms with E-state index in [1.54, 1.807) is 12.1 Å². The molecule has 2 unspecified atom stereocenters. The van der Waals surface area contributed by atoms with E-state index in [1.165, 1.54) is 18.4 Å². The number of rotatable bonds is 6. The zero-order valence-corrected chi connectivity index (χ0v) is 12.7. The number of ether oxygens (including phenoxy) is 1. The maximum atomic E-state index is 9.39. The van der Waals surface area contributed by atoms with Crippen LogP contribution >= 0.6 is 0 Å². The number of phenols is 1. The molecule has 0 aliphatic carbocycles. The van der Waals surface area contributed by atoms with Crippen LogP contribution in [0.3, 0.4) is 0 Å². The van der Waals surface area contributed by atoms with Crippen LogP contribution in [-0.4, -0.2) is 29.9 Å². The summed E-state index contributed by atoms with van der Waals surface area (Å²) in [5.74, 6) is 0.326. The SMILES string of the molecule is CCCNC(Cc1ccc(O)cc1)C1(C)CCCCO1. The van der Waals surface area contributed by atoms with Gasteiger partial charge in [-0.25, -0.2) is 0 Å². The van der Waals surface area contributed by atoms with E-state index < -0.39 is 0 Å². The highest BCUT2D eigenvalue weighted by atomic mass is 16.5. The predicted molar refractivity (Wildman–Crippen MR) is 82.1 cm³/mol. The van der Waals surface area contributed by atoms with Gasteiger partial charge >= 0.3 is 0 Å². The largest absolute Gasteiger partial charge is 0.508 e. The van der Waals surface area contributed by atoms with Gasteiger partial charge in [-0.05, 0) is 63.3 Å². The minimum Gasteiger partial charge on any atom is -0.508 e. The Morgan fingerprint density at radius 3 is 2.65 bits per heavy atom. The fraction of sp³-hybridized carbons (Fsp3) is 0.647. The van der Waals surface area contributed by atoms with Crippen LogP contribution in [0.25, 0.3) is 0 Å². The van der Waals surface area contributed by atoms with Gasteiger partial charge in [0.1, 0.15) is 5.75 Å². The summed E-state index contributed by atoms with van der Waals surface area (Å²) in [6.45, 7) is 6.31. The van der Waals surface area contributed by atoms with E-state index in [9.17, 15) is 5.11 Å². The molecule has 1 aromatic rings. The molecule has 1 fully saturated rings. The van der Waals surface area contributed by atoms with E-state index in [1.807, 2.05) is 12.1 Å². The lowest BCUT2D eigenvalue weighted by Gasteiger charge is -2.41. The van der Waals surface area contributed by atoms with Crippen molar-refractivity contribution >= 4 is 0 Å². The molecule has 2 N–H and O–H groups in total. The van der Waals surface area contributed by atoms with Gasteiger partial charge in [-0.2, -0.15) is 0 Å². The van der Waals surface area contributed by atoms with Gasteiger partial charge < -0.3 is 15.2 Å². The van der Waals surface area contributed by atoms with Crippen molar-refractivity contribution in [3.8, 4) is 5.75 Å². The molecule has 1 aliphatic rings. The minimum atomic E-state index is -0.0781. The molecule has 3 nitrogen and oxygen atoms in total. The van der Waals surface area contributed by atoms with E-state index >= 15 is 0 Å². The molecular formula is C17H27NO2. The van der Waals surface area contributed by atoms with Crippen LogP contribution in [0.1, 0.15) is 45.1 Å². The van der Waals surface area contributed by atoms with Gasteiger partial charge in [-0.1, -0.05) is 19.1 Å². The summed E-state index contributed by atoms with van der Waals surface area (Å²) in [5, 5.41) is 13.0. The fourth-order valence-corrected chi connectivity index (χ4v) is 2.92. The number of hydrogen-bond acceptors (Lipinski definition) is 3. The molecule has 0 radical (unpaired) electrons. The molecule has 1 saturated heterocycles. The Labute approximate surface area is 122 Å². The van der Waals surface area contributed by atoms with Crippen LogP contribution in [0, 0.1) is 0 Å². The summed E-state index contributed by atoms with van der Waals surface area (Å²) in [7, 11) is 0. The average Bonchev–Trinajstić information content (AvgIpc) is 2.46. The first kappa shape index (κ1) is 15.3. The zero-order valence-electron chi connectivity index (χ0n) is 12.7. The third-order valence-corrected chi connectivity index (χ3v) is 4.25. The Hall–Kier alpha value is -1.06. The molecule has 1 heterocycles. The van der Waals surface area contributed by atoms with Crippen LogP contribution in [0.15, 0.2) is 24.3 Å². The molecule has 1 aromatic carbocycles. The van der Waals surface area contributed by atoms with Crippen molar-refractivity contribution in [1.82, 2.24) is 5.32 Å². The second-order valence-electron chi connectivity index (χ2n) is 6.00. The Kier molecular flexibility index (Phi) is 5.44. The van der Waals surface area contributed by atoms with Gasteiger partial charge in [0.15, 0.2) is 0 Å². The number of nitrogens with one attached hydrogen (secondary N) is 1. The van der Waals surface area contributed by atoms with Gasteiger partial charge in [0.25, 0.3) is 0 Å². The highest BCUT2D eigenvalue weighted by molar-refractivity contribution is 5.26. The van der Waals surface area contributed by atoms with E-state index in [-0.39, 0.29) is 5.60 Å². The summed E-state index contributed by atoms with van der Waals surface area (Å²) in [6.07, 6.45) is 5.61. The van der Waals surface area contributed by atoms with Crippen LogP contribution in [0.4, 0.5) is 0 Å². The quantitative estimate of drug-likeness (QED) is 0.838. The Bertz CT molecular complexity index is 396. The third kappa shape index (κ3) is 3.97. The first-order chi connectivity index (χ1) is 9.64. The van der Waals surface area contributed by atoms with Gasteiger partial charge in [-0.15, -0.1) is 0 Å². The normalized spacial score (nSPS) is 24.5. The highest BCUT2D eigenvalue weighted by Crippen LogP contribution is 2.30. The van der Waals surface area contributed by atoms with Crippen LogP contribution in [0.2, 0.25) is 0 Å². The van der Waals surface area contributed by atoms with Crippen LogP contribution < -0.4 is 5.32 Å². The van der Waals surface area contributed by atoms with Gasteiger partial charge in [0, 0.05) is 12.6 Å². The van der Waals surface area contributed by atoms with Crippen molar-refractivity contribution in [3.05, 3.63) is 29.8 Å². The van der Waals surface area contributed by atoms with E-state index in [4.69, 9.17) is 4.74 Å². The van der Waals surface area contributed by atoms with Crippen molar-refractivity contribution in [2.45, 2.75) is 57.6 Å². The third-order valence-electron chi connectivity index (χ3n) is 4.25. The van der Waals surface area contributed by atoms with E-state index in [0.29, 0.717) is 11.8 Å². The minimum absolute atomic E-state index is 0.0781. The van der Waals surface area contributed by atoms with Crippen molar-refractivity contribution in [3.63, 3.8) is 0 Å². The Morgan fingerprint density at radius 2 is 2.05 bits per heavy atom. The van der Waals surface area contributed by atoms with Crippen LogP contribution in [-0.2, 0) is 11.2 Å². The number of hydrogen-bond donors (Lipinski definition) is 2. The molecule has 2 rings (SSSR count). The monoisotopic (exact) mass is 277 g/mol. The fourth-order valence-electron chi connectivity index (χ4n) is 2.92. The second-order valence-corrected chi connectivity index (χ2v) is 6.00. The number of aromatic hydroxyl groups is 1. The van der Waals surface area contributed by atoms with Gasteiger partial charge in [0.2, 0.25) is 0 Å². The molecular weight excluding hydrogens is 250 g/mol. The van der Waals surface area contributed by atoms with Crippen molar-refractivity contribution in [1.29, 1.82) is 0 Å². The molecule has 0 bridgehead atoms. The Morgan fingerprint density at radius 1 is 1.30 bits per heavy atom. The summed E-state index contributed by atoms with van der Waals surface area (Å²) in [6, 6.07) is 7.85. The van der Waals surface area contributed by atoms with Gasteiger partial charge in [-0.3, -0.25) is 0 Å². The zero-order chi connectivity index (χ0) is 14.4. The summed E-state index contributed by atoms with van der Waals surface area (Å²) < 4.78 is 6.11. The van der Waals surface area contributed by atoms with Gasteiger partial charge in [0.05, 0.1) is 5.60 Å². The maximum Gasteiger partial charge on any atom is 0.115 e. The predicted octanol–water partition coefficient (Wildman–Crippen LogP) is 3.26. The molecule has 0 spiro atoms. The molecule has 20 heavy (non-hydrogen) atoms. The van der Waals surface area contributed by atoms with E-state index in [2.05, 4.69) is 19.2 Å². The average molecular weight is 277 g/mol. The lowest BCUT2D eigenvalue weighted by atomic mass is 9.84. The maximum absolute atomic E-state index is 9.39. The lowest BCUT2D eigenvalue weighted by molar-refractivity contribution is -0.0883. The summed E-state index contributed by atoms with van der Waals surface area (Å²) in [4.78, 5) is 0. The smallest absolute Gasteiger partial charge is 0.115 e. The molecule has 112 valence electrons. The molecule has 1 aliphatic heterocycles. The molecule has 0 amide bonds. The highest BCUT2D eigenvalue weighted by Gasteiger charge is 2.36. The molecule has 2 atom stereocenters. The van der Waals surface area contributed by atoms with E-state index in [0.717, 1.165) is 32.4 Å². The molecule has 3 heteroatoms. The van der Waals surface area contributed by atoms with Crippen molar-refractivity contribution in [2.75, 3.05) is 13.2 Å². The summed E-state index contributed by atoms with van der Waals surface area (Å²) in [5.41, 5.74) is 1.16. The lowest BCUT2D eigenvalue weighted by Crippen LogP contribution is -2.53. The second kappa shape index (κ2) is 7.09. The van der Waals surface area contributed by atoms with Crippen LogP contribution in [0.5, 0.6) is 5.75 Å². The molecule has 0 saturated carbocycles.